The minimum Gasteiger partial charge on any atom is -0.352 e. The summed E-state index contributed by atoms with van der Waals surface area (Å²) in [5.41, 5.74) is 5.68. The van der Waals surface area contributed by atoms with Gasteiger partial charge in [-0.05, 0) is 19.3 Å². The fraction of sp³-hybridized carbons (Fsp3) is 0.917. The van der Waals surface area contributed by atoms with Crippen molar-refractivity contribution in [2.75, 3.05) is 12.0 Å². The van der Waals surface area contributed by atoms with Crippen LogP contribution in [0, 0.1) is 5.92 Å². The zero-order valence-electron chi connectivity index (χ0n) is 11.8. The second kappa shape index (κ2) is 7.74. The molecule has 0 aromatic rings. The van der Waals surface area contributed by atoms with Gasteiger partial charge in [0.05, 0.1) is 11.8 Å². The number of rotatable bonds is 8. The summed E-state index contributed by atoms with van der Waals surface area (Å²) >= 11 is 0. The predicted octanol–water partition coefficient (Wildman–Crippen LogP) is 0.689. The number of amides is 1. The van der Waals surface area contributed by atoms with E-state index in [1.54, 1.807) is 0 Å². The second-order valence-electron chi connectivity index (χ2n) is 4.90. The summed E-state index contributed by atoms with van der Waals surface area (Å²) in [7, 11) is -3.07. The molecule has 0 rings (SSSR count). The molecule has 0 spiro atoms. The Morgan fingerprint density at radius 1 is 1.28 bits per heavy atom. The average Bonchev–Trinajstić information content (AvgIpc) is 2.26. The molecule has 2 unspecified atom stereocenters. The molecule has 0 aliphatic heterocycles. The third-order valence-electron chi connectivity index (χ3n) is 3.26. The van der Waals surface area contributed by atoms with Gasteiger partial charge in [0.1, 0.15) is 9.84 Å². The van der Waals surface area contributed by atoms with Gasteiger partial charge in [0.25, 0.3) is 0 Å². The topological polar surface area (TPSA) is 89.3 Å². The molecule has 3 N–H and O–H groups in total. The van der Waals surface area contributed by atoms with Crippen LogP contribution in [0.4, 0.5) is 0 Å². The first kappa shape index (κ1) is 17.4. The number of nitrogens with one attached hydrogen (secondary N) is 1. The van der Waals surface area contributed by atoms with E-state index in [4.69, 9.17) is 5.73 Å². The van der Waals surface area contributed by atoms with Crippen LogP contribution in [-0.2, 0) is 14.6 Å². The Morgan fingerprint density at radius 2 is 1.78 bits per heavy atom. The fourth-order valence-electron chi connectivity index (χ4n) is 1.92. The van der Waals surface area contributed by atoms with Crippen molar-refractivity contribution in [3.05, 3.63) is 0 Å². The van der Waals surface area contributed by atoms with Crippen LogP contribution in [0.5, 0.6) is 0 Å². The molecule has 108 valence electrons. The lowest BCUT2D eigenvalue weighted by Gasteiger charge is -2.24. The highest BCUT2D eigenvalue weighted by atomic mass is 32.2. The Bertz CT molecular complexity index is 350. The largest absolute Gasteiger partial charge is 0.352 e. The number of nitrogens with two attached hydrogens (primary N) is 1. The minimum atomic E-state index is -3.07. The highest BCUT2D eigenvalue weighted by Gasteiger charge is 2.20. The molecule has 0 saturated heterocycles. The van der Waals surface area contributed by atoms with Crippen LogP contribution >= 0.6 is 0 Å². The van der Waals surface area contributed by atoms with E-state index in [1.807, 2.05) is 6.92 Å². The maximum atomic E-state index is 11.8. The lowest BCUT2D eigenvalue weighted by atomic mass is 9.95. The number of carbonyl (C=O) groups is 1. The molecule has 18 heavy (non-hydrogen) atoms. The molecule has 6 heteroatoms. The maximum Gasteiger partial charge on any atom is 0.237 e. The number of hydrogen-bond acceptors (Lipinski definition) is 4. The minimum absolute atomic E-state index is 0.0546. The first-order valence-electron chi connectivity index (χ1n) is 6.44. The molecule has 0 radical (unpaired) electrons. The SMILES string of the molecule is CCC(CC)C(C)NC(=O)C(N)CCS(C)(=O)=O. The van der Waals surface area contributed by atoms with Crippen molar-refractivity contribution in [2.45, 2.75) is 52.1 Å². The summed E-state index contributed by atoms with van der Waals surface area (Å²) in [6, 6.07) is -0.687. The van der Waals surface area contributed by atoms with E-state index >= 15 is 0 Å². The molecule has 1 amide bonds. The van der Waals surface area contributed by atoms with E-state index in [1.165, 1.54) is 0 Å². The standard InChI is InChI=1S/C12H26N2O3S/c1-5-10(6-2)9(3)14-12(15)11(13)7-8-18(4,16)17/h9-11H,5-8,13H2,1-4H3,(H,14,15). The van der Waals surface area contributed by atoms with Gasteiger partial charge in [-0.15, -0.1) is 0 Å². The van der Waals surface area contributed by atoms with E-state index in [0.29, 0.717) is 5.92 Å². The van der Waals surface area contributed by atoms with Crippen LogP contribution in [0.1, 0.15) is 40.0 Å². The Labute approximate surface area is 110 Å². The number of hydrogen-bond donors (Lipinski definition) is 2. The van der Waals surface area contributed by atoms with Crippen molar-refractivity contribution < 1.29 is 13.2 Å². The van der Waals surface area contributed by atoms with Crippen LogP contribution in [0.25, 0.3) is 0 Å². The van der Waals surface area contributed by atoms with Crippen molar-refractivity contribution in [1.82, 2.24) is 5.32 Å². The van der Waals surface area contributed by atoms with E-state index in [2.05, 4.69) is 19.2 Å². The van der Waals surface area contributed by atoms with Gasteiger partial charge in [0.2, 0.25) is 5.91 Å². The van der Waals surface area contributed by atoms with Gasteiger partial charge in [-0.2, -0.15) is 0 Å². The third-order valence-corrected chi connectivity index (χ3v) is 4.24. The number of carbonyl (C=O) groups excluding carboxylic acids is 1. The van der Waals surface area contributed by atoms with E-state index in [-0.39, 0.29) is 24.1 Å². The average molecular weight is 278 g/mol. The Morgan fingerprint density at radius 3 is 2.17 bits per heavy atom. The molecular formula is C12H26N2O3S. The Hall–Kier alpha value is -0.620. The zero-order chi connectivity index (χ0) is 14.3. The van der Waals surface area contributed by atoms with Crippen LogP contribution in [0.3, 0.4) is 0 Å². The summed E-state index contributed by atoms with van der Waals surface area (Å²) < 4.78 is 22.0. The third kappa shape index (κ3) is 6.96. The summed E-state index contributed by atoms with van der Waals surface area (Å²) in [6.07, 6.45) is 3.30. The van der Waals surface area contributed by atoms with Gasteiger partial charge in [-0.25, -0.2) is 8.42 Å². The van der Waals surface area contributed by atoms with Crippen LogP contribution in [0.15, 0.2) is 0 Å². The van der Waals surface area contributed by atoms with Crippen LogP contribution in [0.2, 0.25) is 0 Å². The van der Waals surface area contributed by atoms with Gasteiger partial charge in [-0.1, -0.05) is 26.7 Å². The molecule has 0 saturated carbocycles. The van der Waals surface area contributed by atoms with Gasteiger partial charge >= 0.3 is 0 Å². The molecule has 2 atom stereocenters. The monoisotopic (exact) mass is 278 g/mol. The lowest BCUT2D eigenvalue weighted by Crippen LogP contribution is -2.47. The molecule has 0 heterocycles. The quantitative estimate of drug-likeness (QED) is 0.683. The summed E-state index contributed by atoms with van der Waals surface area (Å²) in [4.78, 5) is 11.8. The Balaban J connectivity index is 4.23. The molecule has 0 aliphatic carbocycles. The molecule has 0 aromatic heterocycles. The fourth-order valence-corrected chi connectivity index (χ4v) is 2.60. The van der Waals surface area contributed by atoms with E-state index in [0.717, 1.165) is 19.1 Å². The first-order valence-corrected chi connectivity index (χ1v) is 8.51. The highest BCUT2D eigenvalue weighted by Crippen LogP contribution is 2.12. The molecular weight excluding hydrogens is 252 g/mol. The van der Waals surface area contributed by atoms with Crippen LogP contribution < -0.4 is 11.1 Å². The molecule has 0 bridgehead atoms. The molecule has 0 aromatic carbocycles. The molecule has 5 nitrogen and oxygen atoms in total. The van der Waals surface area contributed by atoms with Gasteiger partial charge in [0, 0.05) is 12.3 Å². The zero-order valence-corrected chi connectivity index (χ0v) is 12.6. The molecule has 0 fully saturated rings. The number of sulfone groups is 1. The first-order chi connectivity index (χ1) is 8.21. The van der Waals surface area contributed by atoms with Gasteiger partial charge in [-0.3, -0.25) is 4.79 Å². The van der Waals surface area contributed by atoms with Crippen molar-refractivity contribution in [3.63, 3.8) is 0 Å². The Kier molecular flexibility index (Phi) is 7.47. The summed E-state index contributed by atoms with van der Waals surface area (Å²) in [5, 5.41) is 2.86. The smallest absolute Gasteiger partial charge is 0.237 e. The van der Waals surface area contributed by atoms with Crippen LogP contribution in [-0.4, -0.2) is 38.4 Å². The summed E-state index contributed by atoms with van der Waals surface area (Å²) in [5.74, 6) is 0.107. The maximum absolute atomic E-state index is 11.8. The van der Waals surface area contributed by atoms with Crippen molar-refractivity contribution >= 4 is 15.7 Å². The van der Waals surface area contributed by atoms with E-state index in [9.17, 15) is 13.2 Å². The highest BCUT2D eigenvalue weighted by molar-refractivity contribution is 7.90. The molecule has 0 aliphatic rings. The second-order valence-corrected chi connectivity index (χ2v) is 7.16. The van der Waals surface area contributed by atoms with Gasteiger partial charge < -0.3 is 11.1 Å². The van der Waals surface area contributed by atoms with Crippen molar-refractivity contribution in [1.29, 1.82) is 0 Å². The normalized spacial score (nSPS) is 15.4. The lowest BCUT2D eigenvalue weighted by molar-refractivity contribution is -0.123. The van der Waals surface area contributed by atoms with E-state index < -0.39 is 15.9 Å². The summed E-state index contributed by atoms with van der Waals surface area (Å²) in [6.45, 7) is 6.12. The van der Waals surface area contributed by atoms with Gasteiger partial charge in [0.15, 0.2) is 0 Å². The van der Waals surface area contributed by atoms with Crippen molar-refractivity contribution in [2.24, 2.45) is 11.7 Å². The van der Waals surface area contributed by atoms with Crippen molar-refractivity contribution in [3.8, 4) is 0 Å². The predicted molar refractivity (Wildman–Crippen MR) is 74.0 cm³/mol.